The Morgan fingerprint density at radius 3 is 2.62 bits per heavy atom. The van der Waals surface area contributed by atoms with Crippen molar-refractivity contribution in [1.82, 2.24) is 4.72 Å². The molecule has 21 heavy (non-hydrogen) atoms. The molecule has 0 aliphatic carbocycles. The minimum absolute atomic E-state index is 0.168. The van der Waals surface area contributed by atoms with Gasteiger partial charge < -0.3 is 9.84 Å². The monoisotopic (exact) mass is 335 g/mol. The van der Waals surface area contributed by atoms with Crippen molar-refractivity contribution in [3.63, 3.8) is 0 Å². The van der Waals surface area contributed by atoms with Crippen molar-refractivity contribution in [2.45, 2.75) is 17.9 Å². The molecule has 2 N–H and O–H groups in total. The van der Waals surface area contributed by atoms with Gasteiger partial charge in [0, 0.05) is 28.9 Å². The normalized spacial score (nSPS) is 14.4. The van der Waals surface area contributed by atoms with E-state index in [0.29, 0.717) is 0 Å². The van der Waals surface area contributed by atoms with E-state index < -0.39 is 32.8 Å². The van der Waals surface area contributed by atoms with Gasteiger partial charge in [-0.15, -0.1) is 0 Å². The van der Waals surface area contributed by atoms with Crippen molar-refractivity contribution in [2.24, 2.45) is 0 Å². The Morgan fingerprint density at radius 2 is 2.10 bits per heavy atom. The number of hydrogen-bond donors (Lipinski definition) is 2. The summed E-state index contributed by atoms with van der Waals surface area (Å²) in [5.74, 6) is -1.04. The van der Waals surface area contributed by atoms with Crippen molar-refractivity contribution in [2.75, 3.05) is 19.1 Å². The average molecular weight is 335 g/mol. The van der Waals surface area contributed by atoms with E-state index in [1.807, 2.05) is 0 Å². The first kappa shape index (κ1) is 17.6. The molecule has 0 radical (unpaired) electrons. The predicted molar refractivity (Wildman–Crippen MR) is 78.2 cm³/mol. The number of benzene rings is 1. The number of rotatable bonds is 6. The van der Waals surface area contributed by atoms with Crippen LogP contribution in [0.25, 0.3) is 0 Å². The van der Waals surface area contributed by atoms with E-state index in [4.69, 9.17) is 0 Å². The summed E-state index contributed by atoms with van der Waals surface area (Å²) >= 11 is 0. The van der Waals surface area contributed by atoms with E-state index in [2.05, 4.69) is 9.46 Å². The van der Waals surface area contributed by atoms with Crippen molar-refractivity contribution in [3.05, 3.63) is 23.8 Å². The minimum Gasteiger partial charge on any atom is -0.507 e. The maximum Gasteiger partial charge on any atom is 0.341 e. The first-order valence-electron chi connectivity index (χ1n) is 5.91. The standard InChI is InChI=1S/C12H17NO6S2/c1-8(7-20(3)16)13-21(17,18)9-4-5-11(14)10(6-9)12(15)19-2/h4-6,8,13-14H,7H2,1-3H3. The topological polar surface area (TPSA) is 110 Å². The van der Waals surface area contributed by atoms with Crippen LogP contribution in [0.2, 0.25) is 0 Å². The second-order valence-corrected chi connectivity index (χ2v) is 7.63. The zero-order chi connectivity index (χ0) is 16.2. The first-order valence-corrected chi connectivity index (χ1v) is 9.12. The van der Waals surface area contributed by atoms with E-state index in [0.717, 1.165) is 19.2 Å². The number of methoxy groups -OCH3 is 1. The SMILES string of the molecule is COC(=O)c1cc(S(=O)(=O)NC(C)CS(C)=O)ccc1O. The number of carbonyl (C=O) groups excluding carboxylic acids is 1. The number of ether oxygens (including phenoxy) is 1. The van der Waals surface area contributed by atoms with Crippen LogP contribution in [-0.2, 0) is 25.6 Å². The Bertz CT molecular complexity index is 656. The summed E-state index contributed by atoms with van der Waals surface area (Å²) in [4.78, 5) is 11.3. The Hall–Kier alpha value is -1.45. The van der Waals surface area contributed by atoms with Crippen LogP contribution in [0.4, 0.5) is 0 Å². The van der Waals surface area contributed by atoms with E-state index in [1.54, 1.807) is 6.92 Å². The maximum atomic E-state index is 12.2. The van der Waals surface area contributed by atoms with Crippen LogP contribution in [0.5, 0.6) is 5.75 Å². The Kier molecular flexibility index (Phi) is 5.87. The molecule has 0 saturated heterocycles. The summed E-state index contributed by atoms with van der Waals surface area (Å²) in [5, 5.41) is 9.55. The zero-order valence-corrected chi connectivity index (χ0v) is 13.5. The molecule has 2 atom stereocenters. The lowest BCUT2D eigenvalue weighted by atomic mass is 10.2. The van der Waals surface area contributed by atoms with E-state index in [-0.39, 0.29) is 22.0 Å². The molecule has 0 saturated carbocycles. The second kappa shape index (κ2) is 7.01. The number of nitrogens with one attached hydrogen (secondary N) is 1. The molecular formula is C12H17NO6S2. The molecule has 0 aliphatic rings. The van der Waals surface area contributed by atoms with Crippen molar-refractivity contribution in [1.29, 1.82) is 0 Å². The van der Waals surface area contributed by atoms with Crippen molar-refractivity contribution in [3.8, 4) is 5.75 Å². The highest BCUT2D eigenvalue weighted by atomic mass is 32.2. The summed E-state index contributed by atoms with van der Waals surface area (Å²) in [7, 11) is -3.91. The molecule has 1 aromatic rings. The maximum absolute atomic E-state index is 12.2. The molecule has 0 bridgehead atoms. The highest BCUT2D eigenvalue weighted by Crippen LogP contribution is 2.22. The lowest BCUT2D eigenvalue weighted by Crippen LogP contribution is -2.36. The van der Waals surface area contributed by atoms with Gasteiger partial charge in [-0.3, -0.25) is 4.21 Å². The molecule has 1 aromatic carbocycles. The molecule has 0 spiro atoms. The third kappa shape index (κ3) is 4.80. The summed E-state index contributed by atoms with van der Waals surface area (Å²) in [5.41, 5.74) is -0.243. The number of aromatic hydroxyl groups is 1. The minimum atomic E-state index is -3.89. The summed E-state index contributed by atoms with van der Waals surface area (Å²) in [6.45, 7) is 1.58. The smallest absolute Gasteiger partial charge is 0.341 e. The number of hydrogen-bond acceptors (Lipinski definition) is 6. The second-order valence-electron chi connectivity index (χ2n) is 4.43. The quantitative estimate of drug-likeness (QED) is 0.720. The molecule has 9 heteroatoms. The predicted octanol–water partition coefficient (Wildman–Crippen LogP) is 0.224. The number of phenols is 1. The number of carbonyl (C=O) groups is 1. The van der Waals surface area contributed by atoms with Gasteiger partial charge in [0.15, 0.2) is 0 Å². The largest absolute Gasteiger partial charge is 0.507 e. The molecule has 0 aliphatic heterocycles. The molecular weight excluding hydrogens is 318 g/mol. The van der Waals surface area contributed by atoms with Crippen LogP contribution in [0.3, 0.4) is 0 Å². The van der Waals surface area contributed by atoms with Gasteiger partial charge in [0.25, 0.3) is 0 Å². The number of esters is 1. The average Bonchev–Trinajstić information content (AvgIpc) is 2.36. The van der Waals surface area contributed by atoms with E-state index >= 15 is 0 Å². The third-order valence-electron chi connectivity index (χ3n) is 2.52. The third-order valence-corrected chi connectivity index (χ3v) is 5.08. The van der Waals surface area contributed by atoms with E-state index in [9.17, 15) is 22.5 Å². The van der Waals surface area contributed by atoms with Crippen molar-refractivity contribution >= 4 is 26.8 Å². The summed E-state index contributed by atoms with van der Waals surface area (Å²) in [6, 6.07) is 2.76. The molecule has 0 fully saturated rings. The van der Waals surface area contributed by atoms with Gasteiger partial charge in [-0.25, -0.2) is 17.9 Å². The van der Waals surface area contributed by atoms with Gasteiger partial charge in [0.2, 0.25) is 10.0 Å². The van der Waals surface area contributed by atoms with Gasteiger partial charge in [-0.1, -0.05) is 0 Å². The molecule has 7 nitrogen and oxygen atoms in total. The van der Waals surface area contributed by atoms with Crippen LogP contribution in [0.15, 0.2) is 23.1 Å². The fourth-order valence-electron chi connectivity index (χ4n) is 1.67. The van der Waals surface area contributed by atoms with Crippen LogP contribution in [0.1, 0.15) is 17.3 Å². The lowest BCUT2D eigenvalue weighted by Gasteiger charge is -2.13. The molecule has 0 amide bonds. The van der Waals surface area contributed by atoms with E-state index in [1.165, 1.54) is 12.3 Å². The molecule has 2 unspecified atom stereocenters. The van der Waals surface area contributed by atoms with Crippen LogP contribution in [0, 0.1) is 0 Å². The van der Waals surface area contributed by atoms with Gasteiger partial charge in [0.1, 0.15) is 11.3 Å². The van der Waals surface area contributed by atoms with Gasteiger partial charge in [-0.05, 0) is 25.1 Å². The van der Waals surface area contributed by atoms with Gasteiger partial charge >= 0.3 is 5.97 Å². The highest BCUT2D eigenvalue weighted by Gasteiger charge is 2.21. The van der Waals surface area contributed by atoms with Gasteiger partial charge in [0.05, 0.1) is 12.0 Å². The summed E-state index contributed by atoms with van der Waals surface area (Å²) < 4.78 is 42.2. The highest BCUT2D eigenvalue weighted by molar-refractivity contribution is 7.89. The van der Waals surface area contributed by atoms with Crippen LogP contribution >= 0.6 is 0 Å². The zero-order valence-electron chi connectivity index (χ0n) is 11.8. The molecule has 0 heterocycles. The van der Waals surface area contributed by atoms with Gasteiger partial charge in [-0.2, -0.15) is 0 Å². The fraction of sp³-hybridized carbons (Fsp3) is 0.417. The molecule has 1 rings (SSSR count). The molecule has 0 aromatic heterocycles. The first-order chi connectivity index (χ1) is 9.67. The Labute approximate surface area is 125 Å². The molecule has 118 valence electrons. The Morgan fingerprint density at radius 1 is 1.48 bits per heavy atom. The van der Waals surface area contributed by atoms with Crippen LogP contribution in [-0.4, -0.2) is 48.9 Å². The van der Waals surface area contributed by atoms with Crippen LogP contribution < -0.4 is 4.72 Å². The summed E-state index contributed by atoms with van der Waals surface area (Å²) in [6.07, 6.45) is 1.47. The number of phenolic OH excluding ortho intramolecular Hbond substituents is 1. The Balaban J connectivity index is 3.09. The number of sulfonamides is 1. The lowest BCUT2D eigenvalue weighted by molar-refractivity contribution is 0.0597. The fourth-order valence-corrected chi connectivity index (χ4v) is 3.84. The van der Waals surface area contributed by atoms with Crippen molar-refractivity contribution < 1.29 is 27.3 Å².